The van der Waals surface area contributed by atoms with Crippen LogP contribution in [-0.4, -0.2) is 39.9 Å². The second kappa shape index (κ2) is 7.60. The van der Waals surface area contributed by atoms with Crippen LogP contribution >= 0.6 is 0 Å². The third kappa shape index (κ3) is 3.22. The molecular weight excluding hydrogens is 410 g/mol. The molecule has 1 aliphatic carbocycles. The SMILES string of the molecule is COc1ccc([C@@H]2CC(=O)C3=C(C2)Nc2nc(N)nn2[C@@H]3c2cccc(O)c2)cc1OC. The van der Waals surface area contributed by atoms with Crippen molar-refractivity contribution in [2.45, 2.75) is 24.8 Å². The molecule has 2 atom stereocenters. The van der Waals surface area contributed by atoms with Crippen molar-refractivity contribution in [2.75, 3.05) is 25.3 Å². The molecule has 0 saturated carbocycles. The Morgan fingerprint density at radius 2 is 1.91 bits per heavy atom. The van der Waals surface area contributed by atoms with E-state index in [-0.39, 0.29) is 23.4 Å². The van der Waals surface area contributed by atoms with E-state index in [4.69, 9.17) is 15.2 Å². The van der Waals surface area contributed by atoms with Gasteiger partial charge in [0.15, 0.2) is 17.3 Å². The monoisotopic (exact) mass is 433 g/mol. The summed E-state index contributed by atoms with van der Waals surface area (Å²) in [6, 6.07) is 12.0. The van der Waals surface area contributed by atoms with Crippen LogP contribution in [0.2, 0.25) is 0 Å². The van der Waals surface area contributed by atoms with Gasteiger partial charge in [0.1, 0.15) is 11.8 Å². The molecule has 0 radical (unpaired) electrons. The number of rotatable bonds is 4. The highest BCUT2D eigenvalue weighted by atomic mass is 16.5. The molecule has 2 heterocycles. The Morgan fingerprint density at radius 1 is 1.09 bits per heavy atom. The molecule has 4 N–H and O–H groups in total. The van der Waals surface area contributed by atoms with Gasteiger partial charge in [-0.25, -0.2) is 4.68 Å². The molecule has 9 heteroatoms. The molecule has 0 bridgehead atoms. The maximum absolute atomic E-state index is 13.5. The van der Waals surface area contributed by atoms with E-state index in [1.54, 1.807) is 37.1 Å². The third-order valence-electron chi connectivity index (χ3n) is 6.00. The maximum atomic E-state index is 13.5. The molecule has 0 saturated heterocycles. The molecule has 0 spiro atoms. The van der Waals surface area contributed by atoms with E-state index in [0.29, 0.717) is 35.9 Å². The highest BCUT2D eigenvalue weighted by Crippen LogP contribution is 2.45. The van der Waals surface area contributed by atoms with Crippen LogP contribution in [0.5, 0.6) is 17.2 Å². The number of ether oxygens (including phenoxy) is 2. The third-order valence-corrected chi connectivity index (χ3v) is 6.00. The summed E-state index contributed by atoms with van der Waals surface area (Å²) in [5.41, 5.74) is 9.00. The summed E-state index contributed by atoms with van der Waals surface area (Å²) in [6.07, 6.45) is 0.948. The number of anilines is 2. The summed E-state index contributed by atoms with van der Waals surface area (Å²) in [6.45, 7) is 0. The van der Waals surface area contributed by atoms with Crippen LogP contribution in [0.15, 0.2) is 53.7 Å². The fourth-order valence-corrected chi connectivity index (χ4v) is 4.57. The molecule has 3 aromatic rings. The van der Waals surface area contributed by atoms with Crippen molar-refractivity contribution >= 4 is 17.7 Å². The number of methoxy groups -OCH3 is 2. The summed E-state index contributed by atoms with van der Waals surface area (Å²) in [5.74, 6) is 1.93. The summed E-state index contributed by atoms with van der Waals surface area (Å²) < 4.78 is 12.4. The van der Waals surface area contributed by atoms with Crippen LogP contribution in [0.25, 0.3) is 0 Å². The maximum Gasteiger partial charge on any atom is 0.241 e. The van der Waals surface area contributed by atoms with Crippen LogP contribution in [0.4, 0.5) is 11.9 Å². The molecule has 2 aliphatic rings. The predicted molar refractivity (Wildman–Crippen MR) is 118 cm³/mol. The van der Waals surface area contributed by atoms with Crippen LogP contribution in [-0.2, 0) is 4.79 Å². The number of nitrogens with zero attached hydrogens (tertiary/aromatic N) is 3. The Kier molecular flexibility index (Phi) is 4.73. The van der Waals surface area contributed by atoms with Crippen LogP contribution in [0.1, 0.15) is 35.9 Å². The number of phenols is 1. The molecular formula is C23H23N5O4. The van der Waals surface area contributed by atoms with Crippen molar-refractivity contribution in [1.29, 1.82) is 0 Å². The number of allylic oxidation sites excluding steroid dienone is 2. The predicted octanol–water partition coefficient (Wildman–Crippen LogP) is 3.00. The Bertz CT molecular complexity index is 1250. The molecule has 0 unspecified atom stereocenters. The number of nitrogen functional groups attached to an aromatic ring is 1. The average Bonchev–Trinajstić information content (AvgIpc) is 3.16. The molecule has 2 aromatic carbocycles. The molecule has 0 amide bonds. The molecule has 9 nitrogen and oxygen atoms in total. The standard InChI is InChI=1S/C23H23N5O4/c1-31-18-7-6-12(11-19(18)32-2)14-9-16-20(17(30)10-14)21(13-4-3-5-15(29)8-13)28-23(25-16)26-22(24)27-28/h3-8,11,14,21,29H,9-10H2,1-2H3,(H3,24,25,26,27)/t14-,21+/m0/s1. The van der Waals surface area contributed by atoms with Gasteiger partial charge in [-0.2, -0.15) is 4.98 Å². The van der Waals surface area contributed by atoms with Crippen molar-refractivity contribution in [3.63, 3.8) is 0 Å². The summed E-state index contributed by atoms with van der Waals surface area (Å²) >= 11 is 0. The van der Waals surface area contributed by atoms with Gasteiger partial charge in [-0.1, -0.05) is 18.2 Å². The molecule has 1 aromatic heterocycles. The minimum atomic E-state index is -0.517. The molecule has 1 aliphatic heterocycles. The Labute approximate surface area is 184 Å². The van der Waals surface area contributed by atoms with E-state index >= 15 is 0 Å². The fourth-order valence-electron chi connectivity index (χ4n) is 4.57. The van der Waals surface area contributed by atoms with E-state index in [0.717, 1.165) is 16.8 Å². The van der Waals surface area contributed by atoms with E-state index in [1.807, 2.05) is 24.3 Å². The molecule has 0 fully saturated rings. The van der Waals surface area contributed by atoms with E-state index in [9.17, 15) is 9.90 Å². The van der Waals surface area contributed by atoms with Crippen LogP contribution < -0.4 is 20.5 Å². The Hall–Kier alpha value is -4.01. The lowest BCUT2D eigenvalue weighted by atomic mass is 9.78. The minimum Gasteiger partial charge on any atom is -0.508 e. The number of nitrogens with two attached hydrogens (primary N) is 1. The summed E-state index contributed by atoms with van der Waals surface area (Å²) in [5, 5.41) is 17.6. The van der Waals surface area contributed by atoms with Gasteiger partial charge >= 0.3 is 0 Å². The van der Waals surface area contributed by atoms with Gasteiger partial charge in [0.2, 0.25) is 11.9 Å². The van der Waals surface area contributed by atoms with Crippen molar-refractivity contribution in [2.24, 2.45) is 0 Å². The molecule has 32 heavy (non-hydrogen) atoms. The van der Waals surface area contributed by atoms with E-state index in [1.165, 1.54) is 0 Å². The smallest absolute Gasteiger partial charge is 0.241 e. The van der Waals surface area contributed by atoms with Gasteiger partial charge in [0.25, 0.3) is 0 Å². The number of fused-ring (bicyclic) bond motifs is 1. The van der Waals surface area contributed by atoms with Crippen molar-refractivity contribution in [3.05, 3.63) is 64.9 Å². The van der Waals surface area contributed by atoms with Crippen LogP contribution in [0, 0.1) is 0 Å². The lowest BCUT2D eigenvalue weighted by Crippen LogP contribution is -2.33. The Balaban J connectivity index is 1.58. The fraction of sp³-hybridized carbons (Fsp3) is 0.261. The number of nitrogens with one attached hydrogen (secondary N) is 1. The first-order valence-corrected chi connectivity index (χ1v) is 10.2. The first-order valence-electron chi connectivity index (χ1n) is 10.2. The topological polar surface area (TPSA) is 125 Å². The molecule has 164 valence electrons. The number of aromatic hydroxyl groups is 1. The van der Waals surface area contributed by atoms with Crippen molar-refractivity contribution in [1.82, 2.24) is 14.8 Å². The number of ketones is 1. The van der Waals surface area contributed by atoms with Gasteiger partial charge in [-0.05, 0) is 47.7 Å². The number of phenolic OH excluding ortho intramolecular Hbond substituents is 1. The number of hydrogen-bond donors (Lipinski definition) is 3. The number of carbonyl (C=O) groups excluding carboxylic acids is 1. The lowest BCUT2D eigenvalue weighted by Gasteiger charge is -2.35. The second-order valence-electron chi connectivity index (χ2n) is 7.90. The minimum absolute atomic E-state index is 0.00611. The van der Waals surface area contributed by atoms with Crippen molar-refractivity contribution in [3.8, 4) is 17.2 Å². The van der Waals surface area contributed by atoms with E-state index < -0.39 is 6.04 Å². The van der Waals surface area contributed by atoms with Gasteiger partial charge in [-0.15, -0.1) is 5.10 Å². The zero-order valence-electron chi connectivity index (χ0n) is 17.7. The number of hydrogen-bond acceptors (Lipinski definition) is 8. The molecule has 5 rings (SSSR count). The zero-order chi connectivity index (χ0) is 22.4. The number of Topliss-reactive ketones (excluding diaryl/α,β-unsaturated/α-hetero) is 1. The summed E-state index contributed by atoms with van der Waals surface area (Å²) in [4.78, 5) is 17.8. The number of carbonyl (C=O) groups is 1. The lowest BCUT2D eigenvalue weighted by molar-refractivity contribution is -0.116. The number of aromatic nitrogens is 3. The largest absolute Gasteiger partial charge is 0.508 e. The highest BCUT2D eigenvalue weighted by molar-refractivity contribution is 6.00. The zero-order valence-corrected chi connectivity index (χ0v) is 17.7. The van der Waals surface area contributed by atoms with Gasteiger partial charge < -0.3 is 25.6 Å². The Morgan fingerprint density at radius 3 is 2.66 bits per heavy atom. The van der Waals surface area contributed by atoms with Gasteiger partial charge in [0.05, 0.1) is 14.2 Å². The van der Waals surface area contributed by atoms with Crippen molar-refractivity contribution < 1.29 is 19.4 Å². The quantitative estimate of drug-likeness (QED) is 0.574. The second-order valence-corrected chi connectivity index (χ2v) is 7.90. The van der Waals surface area contributed by atoms with Crippen LogP contribution in [0.3, 0.4) is 0 Å². The van der Waals surface area contributed by atoms with Gasteiger partial charge in [0, 0.05) is 17.7 Å². The van der Waals surface area contributed by atoms with E-state index in [2.05, 4.69) is 15.4 Å². The number of benzene rings is 2. The normalized spacial score (nSPS) is 19.8. The first-order chi connectivity index (χ1) is 15.5. The summed E-state index contributed by atoms with van der Waals surface area (Å²) in [7, 11) is 3.18. The average molecular weight is 433 g/mol. The first kappa shape index (κ1) is 19.9. The van der Waals surface area contributed by atoms with Gasteiger partial charge in [-0.3, -0.25) is 4.79 Å². The highest BCUT2D eigenvalue weighted by Gasteiger charge is 2.39.